The largest absolute Gasteiger partial charge is 0.507 e. The zero-order chi connectivity index (χ0) is 97.2. The molecule has 0 aliphatic carbocycles. The minimum Gasteiger partial charge on any atom is -0.507 e. The van der Waals surface area contributed by atoms with E-state index in [4.69, 9.17) is 39.9 Å². The first-order chi connectivity index (χ1) is 69.3. The molecule has 12 nitrogen and oxygen atoms in total. The van der Waals surface area contributed by atoms with Gasteiger partial charge < -0.3 is 20.4 Å². The molecule has 20 aromatic rings. The van der Waals surface area contributed by atoms with Crippen LogP contribution in [0.4, 0.5) is 22.7 Å². The molecule has 16 aromatic carbocycles. The predicted molar refractivity (Wildman–Crippen MR) is 582 cm³/mol. The third-order valence-corrected chi connectivity index (χ3v) is 26.9. The number of rotatable bonds is 17. The average Bonchev–Trinajstić information content (AvgIpc) is 1.63. The summed E-state index contributed by atoms with van der Waals surface area (Å²) in [5.74, 6) is 2.56. The molecule has 0 fully saturated rings. The van der Waals surface area contributed by atoms with E-state index < -0.39 is 0 Å². The molecular formula is C130H102N8O4Pt4-4. The second-order valence-electron chi connectivity index (χ2n) is 37.8. The van der Waals surface area contributed by atoms with E-state index >= 15 is 0 Å². The molecule has 4 aliphatic heterocycles. The molecular weight excluding hydrogens is 2520 g/mol. The Morgan fingerprint density at radius 3 is 1.08 bits per heavy atom. The fourth-order valence-electron chi connectivity index (χ4n) is 19.1. The van der Waals surface area contributed by atoms with Crippen molar-refractivity contribution in [3.8, 4) is 124 Å². The number of hydrogen-bond acceptors (Lipinski definition) is 12. The van der Waals surface area contributed by atoms with E-state index in [1.54, 1.807) is 24.3 Å². The number of hydrogen-bond donors (Lipinski definition) is 4. The summed E-state index contributed by atoms with van der Waals surface area (Å²) in [6, 6.07) is 139. The maximum Gasteiger partial charge on any atom is 0.125 e. The van der Waals surface area contributed by atoms with Crippen molar-refractivity contribution in [1.29, 1.82) is 0 Å². The third-order valence-electron chi connectivity index (χ3n) is 26.9. The van der Waals surface area contributed by atoms with Gasteiger partial charge in [0, 0.05) is 140 Å². The second kappa shape index (κ2) is 45.4. The monoisotopic (exact) mass is 2620 g/mol. The van der Waals surface area contributed by atoms with Gasteiger partial charge in [0.05, 0.1) is 56.9 Å². The van der Waals surface area contributed by atoms with Gasteiger partial charge in [-0.25, -0.2) is 9.97 Å². The first kappa shape index (κ1) is 103. The van der Waals surface area contributed by atoms with Crippen LogP contribution in [0.5, 0.6) is 23.0 Å². The van der Waals surface area contributed by atoms with Crippen molar-refractivity contribution in [3.05, 3.63) is 467 Å². The molecule has 0 spiro atoms. The molecule has 24 rings (SSSR count). The number of nitrogens with zero attached hydrogens (tertiary/aromatic N) is 8. The number of benzene rings is 16. The van der Waals surface area contributed by atoms with Crippen LogP contribution in [-0.2, 0) is 110 Å². The van der Waals surface area contributed by atoms with Crippen molar-refractivity contribution >= 4 is 77.9 Å². The van der Waals surface area contributed by atoms with E-state index in [2.05, 4.69) is 243 Å². The number of phenolic OH excluding ortho intramolecular Hbond substituents is 4. The zero-order valence-corrected chi connectivity index (χ0v) is 90.7. The summed E-state index contributed by atoms with van der Waals surface area (Å²) in [5.41, 5.74) is 37.5. The van der Waals surface area contributed by atoms with E-state index in [1.165, 1.54) is 44.5 Å². The molecule has 0 saturated heterocycles. The van der Waals surface area contributed by atoms with Gasteiger partial charge in [-0.05, 0) is 234 Å². The van der Waals surface area contributed by atoms with Crippen LogP contribution in [-0.4, -0.2) is 63.2 Å². The van der Waals surface area contributed by atoms with Gasteiger partial charge in [0.15, 0.2) is 0 Å². The zero-order valence-electron chi connectivity index (χ0n) is 81.6. The van der Waals surface area contributed by atoms with Crippen molar-refractivity contribution in [2.24, 2.45) is 20.0 Å². The van der Waals surface area contributed by atoms with Gasteiger partial charge in [-0.15, -0.1) is 131 Å². The van der Waals surface area contributed by atoms with Crippen LogP contribution in [0.1, 0.15) is 146 Å². The van der Waals surface area contributed by atoms with Crippen molar-refractivity contribution in [2.45, 2.75) is 105 Å². The molecule has 0 unspecified atom stereocenters. The average molecular weight is 2620 g/mol. The van der Waals surface area contributed by atoms with Crippen molar-refractivity contribution < 1.29 is 105 Å². The first-order valence-electron chi connectivity index (χ1n) is 48.6. The van der Waals surface area contributed by atoms with Gasteiger partial charge in [-0.3, -0.25) is 29.9 Å². The number of pyridine rings is 4. The van der Waals surface area contributed by atoms with Gasteiger partial charge in [0.2, 0.25) is 0 Å². The number of aromatic nitrogens is 4. The Morgan fingerprint density at radius 1 is 0.233 bits per heavy atom. The first-order valence-corrected chi connectivity index (χ1v) is 48.6. The Kier molecular flexibility index (Phi) is 32.1. The van der Waals surface area contributed by atoms with E-state index in [-0.39, 0.29) is 107 Å². The van der Waals surface area contributed by atoms with Crippen LogP contribution in [0.25, 0.3) is 134 Å². The molecule has 0 radical (unpaired) electrons. The van der Waals surface area contributed by atoms with Crippen LogP contribution >= 0.6 is 0 Å². The summed E-state index contributed by atoms with van der Waals surface area (Å²) in [4.78, 5) is 39.9. The number of aromatic hydroxyl groups is 4. The summed E-state index contributed by atoms with van der Waals surface area (Å²) >= 11 is 0. The summed E-state index contributed by atoms with van der Waals surface area (Å²) in [6.07, 6.45) is 3.17. The minimum atomic E-state index is 0. The molecule has 0 amide bonds. The second-order valence-corrected chi connectivity index (χ2v) is 37.8. The SMILES string of the molecule is CC(C)c1cc(-c2cc(-c3ccccc3O)nc(-c3cccc4c3N=C(c3[c-]cccc3)C4)c2)cc(C(C)C)c1.CC(C)c1ccc2c(-c3ccccc3O)nc(-c3[c-]c(C4=Nc5ccccc5C4)ccc3)cc2c1.CC(C)c1ccc2c(-c3ccccc3O)nc(-c3cccc4c3N=C(c3[c-]cccc3)C4)cc2c1.Oc1cc2ccccc2cc1-c1cccc(-c2[c-]c(C3=Nc4ccccc4C3)ccc2)n1.[Pt].[Pt].[Pt].[Pt]. The molecule has 0 saturated carbocycles. The number of aliphatic imine (C=N–C) groups is 4. The summed E-state index contributed by atoms with van der Waals surface area (Å²) in [7, 11) is 0. The van der Waals surface area contributed by atoms with Gasteiger partial charge >= 0.3 is 0 Å². The molecule has 0 atom stereocenters. The van der Waals surface area contributed by atoms with E-state index in [9.17, 15) is 20.4 Å². The molecule has 4 aromatic heterocycles. The molecule has 16 heteroatoms. The standard InChI is InChI=1S/C37H33N2O.2C32H25N2O.C29H19N2O.4Pt/c1-23(2)27-17-28(24(3)4)19-29(18-27)30-21-34(31-14-8-9-16-36(31)40)38-35(22-30)32-15-10-13-26-20-33(39-37(26)32)25-11-6-5-7-12-25;1-20(2)21-14-15-26-25(16-21)19-30(34-32(26)27-11-4-6-13-31(27)35)23-10-7-9-22(17-23)29-18-24-8-3-5-12-28(24)33-29;1-20(2)22-15-16-25-24(17-22)19-29(34-32(25)27-12-6-7-14-30(27)35)26-13-8-11-23-18-28(33-31(23)26)21-9-4-3-5-10-21;32-29-18-20-8-2-1-7-19(20)16-24(29)27-14-6-13-26(30-27)21-10-5-11-22(15-21)28-17-23-9-3-4-12-25(23)31-28;;;;/h5-11,13-19,21-24,40H,20H2,1-4H3;3-16,19-20,35H,18H2,1-2H3;3-9,11-17,19-20,35H,18H2,1-2H3;1-14,16,18,32H,17H2;;;;/q4*-1;;;;. The van der Waals surface area contributed by atoms with Crippen LogP contribution < -0.4 is 0 Å². The van der Waals surface area contributed by atoms with Gasteiger partial charge in [-0.1, -0.05) is 273 Å². The summed E-state index contributed by atoms with van der Waals surface area (Å²) in [6.45, 7) is 17.8. The molecule has 146 heavy (non-hydrogen) atoms. The Morgan fingerprint density at radius 2 is 0.596 bits per heavy atom. The maximum absolute atomic E-state index is 10.8. The van der Waals surface area contributed by atoms with Crippen molar-refractivity contribution in [1.82, 2.24) is 19.9 Å². The fourth-order valence-corrected chi connectivity index (χ4v) is 19.1. The quantitative estimate of drug-likeness (QED) is 0.0650. The number of fused-ring (bicyclic) bond motifs is 7. The topological polar surface area (TPSA) is 182 Å². The van der Waals surface area contributed by atoms with E-state index in [0.717, 1.165) is 221 Å². The molecule has 0 bridgehead atoms. The Bertz CT molecular complexity index is 8420. The van der Waals surface area contributed by atoms with Crippen molar-refractivity contribution in [3.63, 3.8) is 0 Å². The van der Waals surface area contributed by atoms with E-state index in [1.807, 2.05) is 188 Å². The van der Waals surface area contributed by atoms with Gasteiger partial charge in [0.25, 0.3) is 0 Å². The van der Waals surface area contributed by atoms with Crippen LogP contribution in [0.15, 0.2) is 396 Å². The maximum atomic E-state index is 10.8. The van der Waals surface area contributed by atoms with E-state index in [0.29, 0.717) is 29.2 Å². The number of para-hydroxylation sites is 7. The summed E-state index contributed by atoms with van der Waals surface area (Å²) < 4.78 is 0. The summed E-state index contributed by atoms with van der Waals surface area (Å²) in [5, 5.41) is 49.0. The normalized spacial score (nSPS) is 12.3. The Labute approximate surface area is 910 Å². The molecule has 8 heterocycles. The molecule has 730 valence electrons. The Hall–Kier alpha value is -14.5. The van der Waals surface area contributed by atoms with Gasteiger partial charge in [-0.2, -0.15) is 0 Å². The molecule has 4 N–H and O–H groups in total. The predicted octanol–water partition coefficient (Wildman–Crippen LogP) is 32.0. The van der Waals surface area contributed by atoms with Crippen LogP contribution in [0.2, 0.25) is 0 Å². The third kappa shape index (κ3) is 22.0. The smallest absolute Gasteiger partial charge is 0.125 e. The number of phenols is 4. The van der Waals surface area contributed by atoms with Crippen molar-refractivity contribution in [2.75, 3.05) is 0 Å². The van der Waals surface area contributed by atoms with Crippen LogP contribution in [0.3, 0.4) is 0 Å². The fraction of sp³-hybridized carbons (Fsp3) is 0.123. The van der Waals surface area contributed by atoms with Crippen LogP contribution in [0, 0.1) is 24.3 Å². The Balaban J connectivity index is 0.000000132. The van der Waals surface area contributed by atoms with Gasteiger partial charge in [0.1, 0.15) is 23.0 Å². The minimum absolute atomic E-state index is 0. The molecule has 4 aliphatic rings.